The third-order valence-electron chi connectivity index (χ3n) is 2.18. The predicted molar refractivity (Wildman–Crippen MR) is 59.8 cm³/mol. The molecule has 1 nitrogen and oxygen atoms in total. The fourth-order valence-corrected chi connectivity index (χ4v) is 1.40. The molecule has 0 fully saturated rings. The molecule has 16 heavy (non-hydrogen) atoms. The van der Waals surface area contributed by atoms with Crippen molar-refractivity contribution >= 4 is 5.78 Å². The molecule has 0 spiro atoms. The van der Waals surface area contributed by atoms with Crippen LogP contribution in [0.4, 0.5) is 8.78 Å². The Labute approximate surface area is 94.5 Å². The van der Waals surface area contributed by atoms with E-state index in [1.54, 1.807) is 0 Å². The van der Waals surface area contributed by atoms with Gasteiger partial charge in [0.05, 0.1) is 0 Å². The summed E-state index contributed by atoms with van der Waals surface area (Å²) in [5.74, 6) is -0.00619. The lowest BCUT2D eigenvalue weighted by Gasteiger charge is -2.16. The van der Waals surface area contributed by atoms with Gasteiger partial charge in [0.2, 0.25) is 0 Å². The van der Waals surface area contributed by atoms with Crippen molar-refractivity contribution in [2.24, 2.45) is 5.41 Å². The molecule has 0 aliphatic rings. The van der Waals surface area contributed by atoms with E-state index >= 15 is 0 Å². The molecule has 0 heterocycles. The molecule has 0 atom stereocenters. The van der Waals surface area contributed by atoms with Crippen molar-refractivity contribution in [2.75, 3.05) is 0 Å². The van der Waals surface area contributed by atoms with Gasteiger partial charge in [-0.3, -0.25) is 4.79 Å². The van der Waals surface area contributed by atoms with Gasteiger partial charge in [-0.25, -0.2) is 8.78 Å². The van der Waals surface area contributed by atoms with Gasteiger partial charge in [-0.15, -0.1) is 0 Å². The van der Waals surface area contributed by atoms with Crippen molar-refractivity contribution < 1.29 is 13.6 Å². The van der Waals surface area contributed by atoms with E-state index in [1.807, 2.05) is 20.8 Å². The monoisotopic (exact) mass is 226 g/mol. The summed E-state index contributed by atoms with van der Waals surface area (Å²) >= 11 is 0. The van der Waals surface area contributed by atoms with E-state index in [-0.39, 0.29) is 16.8 Å². The number of hydrogen-bond donors (Lipinski definition) is 0. The highest BCUT2D eigenvalue weighted by Gasteiger charge is 2.17. The average Bonchev–Trinajstić information content (AvgIpc) is 2.15. The van der Waals surface area contributed by atoms with Crippen molar-refractivity contribution in [1.82, 2.24) is 0 Å². The second-order valence-electron chi connectivity index (χ2n) is 5.08. The lowest BCUT2D eigenvalue weighted by molar-refractivity contribution is 0.0939. The van der Waals surface area contributed by atoms with Crippen LogP contribution in [0.15, 0.2) is 24.3 Å². The van der Waals surface area contributed by atoms with Crippen LogP contribution < -0.4 is 0 Å². The van der Waals surface area contributed by atoms with Crippen LogP contribution in [0.25, 0.3) is 0 Å². The zero-order valence-corrected chi connectivity index (χ0v) is 9.76. The first kappa shape index (κ1) is 12.8. The first-order valence-electron chi connectivity index (χ1n) is 5.21. The van der Waals surface area contributed by atoms with Gasteiger partial charge in [-0.2, -0.15) is 0 Å². The number of rotatable bonds is 3. The van der Waals surface area contributed by atoms with E-state index < -0.39 is 6.43 Å². The molecule has 1 aromatic carbocycles. The van der Waals surface area contributed by atoms with Crippen molar-refractivity contribution in [3.8, 4) is 0 Å². The van der Waals surface area contributed by atoms with Crippen LogP contribution in [0.3, 0.4) is 0 Å². The van der Waals surface area contributed by atoms with Gasteiger partial charge in [0.25, 0.3) is 6.43 Å². The SMILES string of the molecule is CC(C)(C)CC(=O)c1ccc(C(F)F)cc1. The fraction of sp³-hybridized carbons (Fsp3) is 0.462. The number of hydrogen-bond acceptors (Lipinski definition) is 1. The molecule has 1 rings (SSSR count). The Kier molecular flexibility index (Phi) is 3.79. The summed E-state index contributed by atoms with van der Waals surface area (Å²) in [5.41, 5.74) is 0.366. The maximum Gasteiger partial charge on any atom is 0.263 e. The van der Waals surface area contributed by atoms with Gasteiger partial charge in [0.1, 0.15) is 0 Å². The van der Waals surface area contributed by atoms with Gasteiger partial charge in [0, 0.05) is 17.5 Å². The lowest BCUT2D eigenvalue weighted by atomic mass is 9.88. The topological polar surface area (TPSA) is 17.1 Å². The molecular formula is C13H16F2O. The van der Waals surface area contributed by atoms with Crippen LogP contribution in [0.1, 0.15) is 49.5 Å². The second kappa shape index (κ2) is 4.73. The second-order valence-corrected chi connectivity index (χ2v) is 5.08. The molecule has 0 saturated carbocycles. The van der Waals surface area contributed by atoms with E-state index in [0.717, 1.165) is 0 Å². The zero-order chi connectivity index (χ0) is 12.3. The molecule has 0 bridgehead atoms. The largest absolute Gasteiger partial charge is 0.294 e. The van der Waals surface area contributed by atoms with Crippen molar-refractivity contribution in [1.29, 1.82) is 0 Å². The number of ketones is 1. The Morgan fingerprint density at radius 1 is 1.19 bits per heavy atom. The van der Waals surface area contributed by atoms with Crippen LogP contribution in [-0.4, -0.2) is 5.78 Å². The number of carbonyl (C=O) groups excluding carboxylic acids is 1. The number of Topliss-reactive ketones (excluding diaryl/α,β-unsaturated/α-hetero) is 1. The Morgan fingerprint density at radius 2 is 1.69 bits per heavy atom. The minimum Gasteiger partial charge on any atom is -0.294 e. The number of alkyl halides is 2. The first-order chi connectivity index (χ1) is 7.29. The smallest absolute Gasteiger partial charge is 0.263 e. The van der Waals surface area contributed by atoms with Gasteiger partial charge < -0.3 is 0 Å². The fourth-order valence-electron chi connectivity index (χ4n) is 1.40. The van der Waals surface area contributed by atoms with E-state index in [2.05, 4.69) is 0 Å². The quantitative estimate of drug-likeness (QED) is 0.704. The van der Waals surface area contributed by atoms with Gasteiger partial charge in [-0.1, -0.05) is 45.0 Å². The molecule has 0 amide bonds. The van der Waals surface area contributed by atoms with Crippen LogP contribution >= 0.6 is 0 Å². The molecule has 1 aromatic rings. The first-order valence-corrected chi connectivity index (χ1v) is 5.21. The van der Waals surface area contributed by atoms with E-state index in [4.69, 9.17) is 0 Å². The van der Waals surface area contributed by atoms with E-state index in [0.29, 0.717) is 12.0 Å². The maximum absolute atomic E-state index is 12.3. The predicted octanol–water partition coefficient (Wildman–Crippen LogP) is 4.24. The minimum absolute atomic E-state index is 0.00619. The standard InChI is InChI=1S/C13H16F2O/c1-13(2,3)8-11(16)9-4-6-10(7-5-9)12(14)15/h4-7,12H,8H2,1-3H3. The summed E-state index contributed by atoms with van der Waals surface area (Å²) in [6.07, 6.45) is -2.06. The normalized spacial score (nSPS) is 11.9. The summed E-state index contributed by atoms with van der Waals surface area (Å²) in [5, 5.41) is 0. The third-order valence-corrected chi connectivity index (χ3v) is 2.18. The average molecular weight is 226 g/mol. The Morgan fingerprint density at radius 3 is 2.06 bits per heavy atom. The lowest BCUT2D eigenvalue weighted by Crippen LogP contribution is -2.13. The van der Waals surface area contributed by atoms with Crippen LogP contribution in [0.2, 0.25) is 0 Å². The molecule has 0 aliphatic carbocycles. The summed E-state index contributed by atoms with van der Waals surface area (Å²) in [6.45, 7) is 5.91. The van der Waals surface area contributed by atoms with Crippen molar-refractivity contribution in [2.45, 2.75) is 33.6 Å². The molecule has 0 aromatic heterocycles. The summed E-state index contributed by atoms with van der Waals surface area (Å²) in [7, 11) is 0. The third kappa shape index (κ3) is 3.72. The summed E-state index contributed by atoms with van der Waals surface area (Å²) in [6, 6.07) is 5.55. The van der Waals surface area contributed by atoms with Crippen LogP contribution in [0, 0.1) is 5.41 Å². The highest BCUT2D eigenvalue weighted by atomic mass is 19.3. The van der Waals surface area contributed by atoms with E-state index in [9.17, 15) is 13.6 Å². The highest BCUT2D eigenvalue weighted by molar-refractivity contribution is 5.96. The molecule has 0 saturated heterocycles. The molecule has 3 heteroatoms. The van der Waals surface area contributed by atoms with Crippen LogP contribution in [0.5, 0.6) is 0 Å². The van der Waals surface area contributed by atoms with Gasteiger partial charge >= 0.3 is 0 Å². The Balaban J connectivity index is 2.78. The molecule has 0 unspecified atom stereocenters. The summed E-state index contributed by atoms with van der Waals surface area (Å²) < 4.78 is 24.6. The maximum atomic E-state index is 12.3. The van der Waals surface area contributed by atoms with E-state index in [1.165, 1.54) is 24.3 Å². The van der Waals surface area contributed by atoms with Crippen molar-refractivity contribution in [3.05, 3.63) is 35.4 Å². The number of benzene rings is 1. The minimum atomic E-state index is -2.48. The molecule has 0 N–H and O–H groups in total. The van der Waals surface area contributed by atoms with Gasteiger partial charge in [0.15, 0.2) is 5.78 Å². The molecule has 88 valence electrons. The molecule has 0 radical (unpaired) electrons. The molecule has 0 aliphatic heterocycles. The number of carbonyl (C=O) groups is 1. The van der Waals surface area contributed by atoms with Gasteiger partial charge in [-0.05, 0) is 5.41 Å². The Bertz CT molecular complexity index is 361. The zero-order valence-electron chi connectivity index (χ0n) is 9.76. The molecular weight excluding hydrogens is 210 g/mol. The van der Waals surface area contributed by atoms with Crippen molar-refractivity contribution in [3.63, 3.8) is 0 Å². The number of halogens is 2. The summed E-state index contributed by atoms with van der Waals surface area (Å²) in [4.78, 5) is 11.8. The van der Waals surface area contributed by atoms with Crippen LogP contribution in [-0.2, 0) is 0 Å². The Hall–Kier alpha value is -1.25. The highest BCUT2D eigenvalue weighted by Crippen LogP contribution is 2.23.